The largest absolute Gasteiger partial charge is 0.610 e. The van der Waals surface area contributed by atoms with Crippen LogP contribution < -0.4 is 4.74 Å². The average molecular weight is 390 g/mol. The highest BCUT2D eigenvalue weighted by Gasteiger charge is 2.19. The monoisotopic (exact) mass is 390 g/mol. The fraction of sp³-hybridized carbons (Fsp3) is 0.278. The lowest BCUT2D eigenvalue weighted by atomic mass is 10.2. The zero-order chi connectivity index (χ0) is 18.9. The van der Waals surface area contributed by atoms with Crippen molar-refractivity contribution >= 4 is 38.7 Å². The molecule has 0 saturated carbocycles. The summed E-state index contributed by atoms with van der Waals surface area (Å²) >= 11 is 0.251. The van der Waals surface area contributed by atoms with E-state index in [1.165, 1.54) is 23.6 Å². The number of ether oxygens (including phenoxy) is 2. The van der Waals surface area contributed by atoms with Gasteiger partial charge in [0.15, 0.2) is 5.69 Å². The number of aromatic nitrogens is 2. The molecular weight excluding hydrogens is 372 g/mol. The van der Waals surface area contributed by atoms with Gasteiger partial charge in [0.25, 0.3) is 0 Å². The van der Waals surface area contributed by atoms with Gasteiger partial charge in [-0.25, -0.2) is 9.78 Å². The van der Waals surface area contributed by atoms with Gasteiger partial charge in [-0.1, -0.05) is 11.3 Å². The molecule has 0 aliphatic carbocycles. The topological polar surface area (TPSA) is 84.4 Å². The second-order valence-corrected chi connectivity index (χ2v) is 9.13. The zero-order valence-corrected chi connectivity index (χ0v) is 16.4. The molecule has 2 heterocycles. The number of carbonyl (C=O) groups excluding carboxylic acids is 1. The minimum absolute atomic E-state index is 0.181. The molecule has 136 valence electrons. The van der Waals surface area contributed by atoms with Gasteiger partial charge in [0, 0.05) is 29.5 Å². The van der Waals surface area contributed by atoms with Gasteiger partial charge < -0.3 is 14.0 Å². The van der Waals surface area contributed by atoms with Crippen LogP contribution in [-0.4, -0.2) is 32.3 Å². The number of esters is 1. The molecule has 0 fully saturated rings. The third kappa shape index (κ3) is 4.51. The van der Waals surface area contributed by atoms with Crippen LogP contribution in [0.5, 0.6) is 11.5 Å². The highest BCUT2D eigenvalue weighted by atomic mass is 32.2. The van der Waals surface area contributed by atoms with Gasteiger partial charge in [-0.05, 0) is 39.0 Å². The average Bonchev–Trinajstić information content (AvgIpc) is 2.97. The normalized spacial score (nSPS) is 12.8. The predicted molar refractivity (Wildman–Crippen MR) is 101 cm³/mol. The summed E-state index contributed by atoms with van der Waals surface area (Å²) in [5, 5.41) is 0. The minimum atomic E-state index is -1.12. The number of carbonyl (C=O) groups is 1. The van der Waals surface area contributed by atoms with Crippen LogP contribution in [0.4, 0.5) is 0 Å². The Morgan fingerprint density at radius 3 is 2.62 bits per heavy atom. The Morgan fingerprint density at radius 2 is 1.92 bits per heavy atom. The van der Waals surface area contributed by atoms with E-state index < -0.39 is 22.7 Å². The summed E-state index contributed by atoms with van der Waals surface area (Å²) in [6.45, 7) is 5.40. The lowest BCUT2D eigenvalue weighted by Gasteiger charge is -2.19. The molecule has 0 spiro atoms. The number of hydrogen-bond acceptors (Lipinski definition) is 7. The van der Waals surface area contributed by atoms with E-state index in [-0.39, 0.29) is 5.69 Å². The number of pyridine rings is 1. The van der Waals surface area contributed by atoms with Crippen LogP contribution in [0.15, 0.2) is 40.9 Å². The lowest BCUT2D eigenvalue weighted by Crippen LogP contribution is -2.24. The minimum Gasteiger partial charge on any atom is -0.610 e. The van der Waals surface area contributed by atoms with Gasteiger partial charge in [0.1, 0.15) is 23.4 Å². The SMILES string of the molecule is C[S+]([O-])c1nc2ccc(Oc3ccnc(C(=O)OC(C)(C)C)c3)cc2s1. The van der Waals surface area contributed by atoms with Gasteiger partial charge in [0.2, 0.25) is 0 Å². The van der Waals surface area contributed by atoms with E-state index in [4.69, 9.17) is 9.47 Å². The molecule has 3 aromatic rings. The maximum absolute atomic E-state index is 12.1. The van der Waals surface area contributed by atoms with Crippen molar-refractivity contribution in [3.8, 4) is 11.5 Å². The summed E-state index contributed by atoms with van der Waals surface area (Å²) in [6.07, 6.45) is 3.10. The van der Waals surface area contributed by atoms with Crippen LogP contribution in [0.2, 0.25) is 0 Å². The van der Waals surface area contributed by atoms with Crippen LogP contribution in [0.1, 0.15) is 31.3 Å². The molecule has 3 rings (SSSR count). The molecular formula is C18H18N2O4S2. The van der Waals surface area contributed by atoms with Crippen molar-refractivity contribution in [3.05, 3.63) is 42.2 Å². The molecule has 6 nitrogen and oxygen atoms in total. The second kappa shape index (κ2) is 7.22. The van der Waals surface area contributed by atoms with Gasteiger partial charge in [0.05, 0.1) is 10.2 Å². The fourth-order valence-corrected chi connectivity index (χ4v) is 3.81. The molecule has 0 bridgehead atoms. The third-order valence-corrected chi connectivity index (χ3v) is 5.51. The van der Waals surface area contributed by atoms with E-state index in [1.807, 2.05) is 12.1 Å². The first-order chi connectivity index (χ1) is 12.2. The smallest absolute Gasteiger partial charge is 0.357 e. The Bertz CT molecular complexity index is 948. The highest BCUT2D eigenvalue weighted by Crippen LogP contribution is 2.31. The third-order valence-electron chi connectivity index (χ3n) is 3.16. The maximum atomic E-state index is 12.1. The number of benzene rings is 1. The van der Waals surface area contributed by atoms with Crippen LogP contribution in [0.25, 0.3) is 10.2 Å². The van der Waals surface area contributed by atoms with Crippen molar-refractivity contribution in [1.29, 1.82) is 0 Å². The number of thiazole rings is 1. The molecule has 1 unspecified atom stereocenters. The van der Waals surface area contributed by atoms with Crippen LogP contribution >= 0.6 is 11.3 Å². The molecule has 0 N–H and O–H groups in total. The zero-order valence-electron chi connectivity index (χ0n) is 14.8. The second-order valence-electron chi connectivity index (χ2n) is 6.54. The van der Waals surface area contributed by atoms with Crippen molar-refractivity contribution in [3.63, 3.8) is 0 Å². The summed E-state index contributed by atoms with van der Waals surface area (Å²) in [4.78, 5) is 20.5. The van der Waals surface area contributed by atoms with Crippen molar-refractivity contribution in [2.75, 3.05) is 6.26 Å². The summed E-state index contributed by atoms with van der Waals surface area (Å²) < 4.78 is 24.2. The van der Waals surface area contributed by atoms with Crippen molar-refractivity contribution in [1.82, 2.24) is 9.97 Å². The molecule has 0 aliphatic heterocycles. The van der Waals surface area contributed by atoms with Gasteiger partial charge in [-0.2, -0.15) is 4.98 Å². The van der Waals surface area contributed by atoms with Crippen LogP contribution in [0.3, 0.4) is 0 Å². The summed E-state index contributed by atoms with van der Waals surface area (Å²) in [5.74, 6) is 0.566. The Balaban J connectivity index is 1.81. The molecule has 0 aliphatic rings. The van der Waals surface area contributed by atoms with Crippen LogP contribution in [0, 0.1) is 0 Å². The highest BCUT2D eigenvalue weighted by molar-refractivity contribution is 7.92. The molecule has 8 heteroatoms. The summed E-state index contributed by atoms with van der Waals surface area (Å²) in [7, 11) is 0. The van der Waals surface area contributed by atoms with Crippen molar-refractivity contribution < 1.29 is 18.8 Å². The number of nitrogens with zero attached hydrogens (tertiary/aromatic N) is 2. The Kier molecular flexibility index (Phi) is 5.17. The summed E-state index contributed by atoms with van der Waals surface area (Å²) in [5.41, 5.74) is 0.362. The van der Waals surface area contributed by atoms with E-state index >= 15 is 0 Å². The van der Waals surface area contributed by atoms with Gasteiger partial charge >= 0.3 is 10.3 Å². The first kappa shape index (κ1) is 18.6. The number of hydrogen-bond donors (Lipinski definition) is 0. The molecule has 26 heavy (non-hydrogen) atoms. The van der Waals surface area contributed by atoms with E-state index in [9.17, 15) is 9.35 Å². The lowest BCUT2D eigenvalue weighted by molar-refractivity contribution is 0.00624. The van der Waals surface area contributed by atoms with E-state index in [0.29, 0.717) is 15.8 Å². The fourth-order valence-electron chi connectivity index (χ4n) is 2.12. The molecule has 1 atom stereocenters. The molecule has 1 aromatic carbocycles. The van der Waals surface area contributed by atoms with Crippen LogP contribution in [-0.2, 0) is 15.9 Å². The molecule has 0 amide bonds. The standard InChI is InChI=1S/C18H18N2O4S2/c1-18(2,3)24-16(21)14-9-12(7-8-19-14)23-11-5-6-13-15(10-11)25-17(20-13)26(4)22/h5-10H,1-4H3. The predicted octanol–water partition coefficient (Wildman–Crippen LogP) is 4.18. The van der Waals surface area contributed by atoms with Crippen molar-refractivity contribution in [2.24, 2.45) is 0 Å². The van der Waals surface area contributed by atoms with Gasteiger partial charge in [-0.15, -0.1) is 0 Å². The van der Waals surface area contributed by atoms with E-state index in [0.717, 1.165) is 10.2 Å². The first-order valence-electron chi connectivity index (χ1n) is 7.82. The van der Waals surface area contributed by atoms with Crippen molar-refractivity contribution in [2.45, 2.75) is 30.7 Å². The molecule has 0 saturated heterocycles. The van der Waals surface area contributed by atoms with E-state index in [2.05, 4.69) is 9.97 Å². The first-order valence-corrected chi connectivity index (χ1v) is 10.2. The quantitative estimate of drug-likeness (QED) is 0.491. The molecule has 0 radical (unpaired) electrons. The number of fused-ring (bicyclic) bond motifs is 1. The van der Waals surface area contributed by atoms with Gasteiger partial charge in [-0.3, -0.25) is 0 Å². The maximum Gasteiger partial charge on any atom is 0.357 e. The Labute approximate surface area is 158 Å². The summed E-state index contributed by atoms with van der Waals surface area (Å²) in [6, 6.07) is 8.62. The van der Waals surface area contributed by atoms with E-state index in [1.54, 1.807) is 39.2 Å². The molecule has 2 aromatic heterocycles. The number of rotatable bonds is 4. The Hall–Kier alpha value is -2.16. The Morgan fingerprint density at radius 1 is 1.19 bits per heavy atom.